The van der Waals surface area contributed by atoms with Crippen LogP contribution in [0.2, 0.25) is 0 Å². The van der Waals surface area contributed by atoms with Crippen LogP contribution < -0.4 is 20.1 Å². The third-order valence-electron chi connectivity index (χ3n) is 8.23. The fourth-order valence-electron chi connectivity index (χ4n) is 5.34. The van der Waals surface area contributed by atoms with Crippen molar-refractivity contribution < 1.29 is 19.1 Å². The minimum absolute atomic E-state index is 0.122. The van der Waals surface area contributed by atoms with Gasteiger partial charge in [0, 0.05) is 30.6 Å². The number of ether oxygens (including phenoxy) is 2. The Morgan fingerprint density at radius 1 is 0.415 bits per heavy atom. The number of benzene rings is 6. The molecule has 0 saturated heterocycles. The number of azo groups is 2. The van der Waals surface area contributed by atoms with Crippen molar-refractivity contribution in [3.05, 3.63) is 157 Å². The second kappa shape index (κ2) is 16.4. The van der Waals surface area contributed by atoms with E-state index in [1.165, 1.54) is 13.8 Å². The molecule has 0 radical (unpaired) electrons. The first-order valence-electron chi connectivity index (χ1n) is 16.9. The largest absolute Gasteiger partial charge is 0.457 e. The van der Waals surface area contributed by atoms with Gasteiger partial charge in [-0.2, -0.15) is 20.5 Å². The summed E-state index contributed by atoms with van der Waals surface area (Å²) in [5.41, 5.74) is 6.20. The molecule has 2 N–H and O–H groups in total. The van der Waals surface area contributed by atoms with Crippen LogP contribution in [0.25, 0.3) is 0 Å². The Bertz CT molecular complexity index is 2050. The molecule has 53 heavy (non-hydrogen) atoms. The second-order valence-corrected chi connectivity index (χ2v) is 12.7. The Labute approximate surface area is 308 Å². The molecule has 6 aromatic carbocycles. The molecule has 2 amide bonds. The fraction of sp³-hybridized carbons (Fsp3) is 0.116. The summed E-state index contributed by atoms with van der Waals surface area (Å²) in [4.78, 5) is 22.4. The van der Waals surface area contributed by atoms with E-state index in [1.807, 2.05) is 72.8 Å². The van der Waals surface area contributed by atoms with Crippen LogP contribution in [-0.2, 0) is 15.0 Å². The third kappa shape index (κ3) is 10.1. The van der Waals surface area contributed by atoms with Gasteiger partial charge in [0.15, 0.2) is 0 Å². The number of hydrogen-bond acceptors (Lipinski definition) is 8. The average molecular weight is 703 g/mol. The summed E-state index contributed by atoms with van der Waals surface area (Å²) in [5, 5.41) is 22.6. The van der Waals surface area contributed by atoms with E-state index < -0.39 is 0 Å². The Morgan fingerprint density at radius 3 is 0.925 bits per heavy atom. The number of carbonyl (C=O) groups is 2. The predicted octanol–water partition coefficient (Wildman–Crippen LogP) is 12.3. The van der Waals surface area contributed by atoms with Gasteiger partial charge >= 0.3 is 0 Å². The molecule has 0 aliphatic rings. The molecule has 6 aromatic rings. The van der Waals surface area contributed by atoms with Gasteiger partial charge in [0.05, 0.1) is 22.7 Å². The molecule has 264 valence electrons. The van der Waals surface area contributed by atoms with Gasteiger partial charge in [0.2, 0.25) is 11.8 Å². The highest BCUT2D eigenvalue weighted by atomic mass is 16.5. The second-order valence-electron chi connectivity index (χ2n) is 12.7. The summed E-state index contributed by atoms with van der Waals surface area (Å²) in [5.74, 6) is 2.60. The van der Waals surface area contributed by atoms with Crippen molar-refractivity contribution in [3.63, 3.8) is 0 Å². The van der Waals surface area contributed by atoms with Crippen LogP contribution >= 0.6 is 0 Å². The maximum atomic E-state index is 11.2. The highest BCUT2D eigenvalue weighted by molar-refractivity contribution is 5.89. The minimum Gasteiger partial charge on any atom is -0.457 e. The Morgan fingerprint density at radius 2 is 0.660 bits per heavy atom. The number of nitrogens with one attached hydrogen (secondary N) is 2. The Hall–Kier alpha value is -6.94. The first-order chi connectivity index (χ1) is 25.6. The van der Waals surface area contributed by atoms with E-state index in [4.69, 9.17) is 9.47 Å². The molecular formula is C43H38N6O4. The van der Waals surface area contributed by atoms with E-state index in [0.717, 1.165) is 22.6 Å². The molecule has 0 atom stereocenters. The number of carbonyl (C=O) groups excluding carboxylic acids is 2. The van der Waals surface area contributed by atoms with E-state index in [0.29, 0.717) is 45.6 Å². The van der Waals surface area contributed by atoms with Crippen molar-refractivity contribution in [2.24, 2.45) is 20.5 Å². The standard InChI is InChI=1S/C43H38N6O4/c1-29(50)44-33-9-13-35(14-10-33)46-48-37-17-25-41(26-18-37)52-39-21-5-31(6-22-39)43(3,4)32-7-23-40(24-8-32)53-42-27-19-38(20-28-42)49-47-36-15-11-34(12-16-36)45-30(2)51/h5-28H,1-4H3,(H,44,50)(H,45,51). The Kier molecular flexibility index (Phi) is 11.1. The average Bonchev–Trinajstić information content (AvgIpc) is 3.15. The molecule has 0 bridgehead atoms. The summed E-state index contributed by atoms with van der Waals surface area (Å²) < 4.78 is 12.2. The van der Waals surface area contributed by atoms with Crippen molar-refractivity contribution in [1.29, 1.82) is 0 Å². The van der Waals surface area contributed by atoms with Crippen LogP contribution in [-0.4, -0.2) is 11.8 Å². The van der Waals surface area contributed by atoms with Crippen LogP contribution in [0.1, 0.15) is 38.8 Å². The lowest BCUT2D eigenvalue weighted by Crippen LogP contribution is -2.18. The van der Waals surface area contributed by atoms with Gasteiger partial charge in [-0.15, -0.1) is 0 Å². The number of amides is 2. The summed E-state index contributed by atoms with van der Waals surface area (Å²) in [6.45, 7) is 7.31. The van der Waals surface area contributed by atoms with Crippen molar-refractivity contribution in [3.8, 4) is 23.0 Å². The van der Waals surface area contributed by atoms with Crippen molar-refractivity contribution in [2.75, 3.05) is 10.6 Å². The molecule has 0 fully saturated rings. The van der Waals surface area contributed by atoms with Gasteiger partial charge in [-0.05, 0) is 132 Å². The SMILES string of the molecule is CC(=O)Nc1ccc(N=Nc2ccc(Oc3ccc(C(C)(C)c4ccc(Oc5ccc(N=Nc6ccc(NC(C)=O)cc6)cc5)cc4)cc3)cc2)cc1. The van der Waals surface area contributed by atoms with Crippen LogP contribution in [0.4, 0.5) is 34.1 Å². The lowest BCUT2D eigenvalue weighted by Gasteiger charge is -2.26. The number of hydrogen-bond donors (Lipinski definition) is 2. The van der Waals surface area contributed by atoms with Crippen molar-refractivity contribution >= 4 is 45.9 Å². The molecule has 0 spiro atoms. The molecule has 10 nitrogen and oxygen atoms in total. The highest BCUT2D eigenvalue weighted by Gasteiger charge is 2.23. The van der Waals surface area contributed by atoms with Crippen LogP contribution in [0, 0.1) is 0 Å². The van der Waals surface area contributed by atoms with Gasteiger partial charge in [0.1, 0.15) is 23.0 Å². The lowest BCUT2D eigenvalue weighted by molar-refractivity contribution is -0.115. The van der Waals surface area contributed by atoms with E-state index in [1.54, 1.807) is 48.5 Å². The topological polar surface area (TPSA) is 126 Å². The maximum absolute atomic E-state index is 11.2. The van der Waals surface area contributed by atoms with E-state index in [-0.39, 0.29) is 17.2 Å². The number of nitrogens with zero attached hydrogens (tertiary/aromatic N) is 4. The number of anilines is 2. The Balaban J connectivity index is 1.01. The van der Waals surface area contributed by atoms with Gasteiger partial charge < -0.3 is 20.1 Å². The van der Waals surface area contributed by atoms with Gasteiger partial charge in [-0.25, -0.2) is 0 Å². The van der Waals surface area contributed by atoms with Crippen LogP contribution in [0.15, 0.2) is 166 Å². The molecule has 0 saturated carbocycles. The zero-order valence-corrected chi connectivity index (χ0v) is 29.8. The van der Waals surface area contributed by atoms with Crippen molar-refractivity contribution in [1.82, 2.24) is 0 Å². The van der Waals surface area contributed by atoms with E-state index >= 15 is 0 Å². The summed E-state index contributed by atoms with van der Waals surface area (Å²) in [6.07, 6.45) is 0. The molecule has 0 unspecified atom stereocenters. The molecule has 0 aliphatic heterocycles. The smallest absolute Gasteiger partial charge is 0.221 e. The number of rotatable bonds is 12. The first-order valence-corrected chi connectivity index (χ1v) is 16.9. The zero-order valence-electron chi connectivity index (χ0n) is 29.8. The molecular weight excluding hydrogens is 665 g/mol. The normalized spacial score (nSPS) is 11.4. The van der Waals surface area contributed by atoms with E-state index in [9.17, 15) is 9.59 Å². The zero-order chi connectivity index (χ0) is 37.2. The maximum Gasteiger partial charge on any atom is 0.221 e. The van der Waals surface area contributed by atoms with Gasteiger partial charge in [-0.3, -0.25) is 9.59 Å². The first kappa shape index (κ1) is 35.9. The summed E-state index contributed by atoms with van der Waals surface area (Å²) >= 11 is 0. The van der Waals surface area contributed by atoms with Gasteiger partial charge in [-0.1, -0.05) is 38.1 Å². The van der Waals surface area contributed by atoms with Crippen LogP contribution in [0.5, 0.6) is 23.0 Å². The molecule has 6 rings (SSSR count). The highest BCUT2D eigenvalue weighted by Crippen LogP contribution is 2.35. The van der Waals surface area contributed by atoms with Gasteiger partial charge in [0.25, 0.3) is 0 Å². The van der Waals surface area contributed by atoms with E-state index in [2.05, 4.69) is 69.2 Å². The minimum atomic E-state index is -0.259. The lowest BCUT2D eigenvalue weighted by atomic mass is 9.78. The monoisotopic (exact) mass is 702 g/mol. The van der Waals surface area contributed by atoms with Crippen LogP contribution in [0.3, 0.4) is 0 Å². The molecule has 0 aliphatic carbocycles. The van der Waals surface area contributed by atoms with Crippen molar-refractivity contribution in [2.45, 2.75) is 33.1 Å². The molecule has 0 aromatic heterocycles. The predicted molar refractivity (Wildman–Crippen MR) is 208 cm³/mol. The fourth-order valence-corrected chi connectivity index (χ4v) is 5.34. The summed E-state index contributed by atoms with van der Waals surface area (Å²) in [7, 11) is 0. The quantitative estimate of drug-likeness (QED) is 0.123. The summed E-state index contributed by atoms with van der Waals surface area (Å²) in [6, 6.07) is 45.3. The molecule has 0 heterocycles. The third-order valence-corrected chi connectivity index (χ3v) is 8.23. The molecule has 10 heteroatoms.